The van der Waals surface area contributed by atoms with Gasteiger partial charge in [-0.25, -0.2) is 8.42 Å². The van der Waals surface area contributed by atoms with Gasteiger partial charge in [-0.3, -0.25) is 0 Å². The summed E-state index contributed by atoms with van der Waals surface area (Å²) in [6.07, 6.45) is 1.01. The number of carbonyl (C=O) groups is 1. The Hall–Kier alpha value is -3.24. The fourth-order valence-electron chi connectivity index (χ4n) is 3.61. The number of ether oxygens (including phenoxy) is 4. The number of aliphatic carboxylic acids is 1. The Labute approximate surface area is 220 Å². The molecular weight excluding hydrogens is 498 g/mol. The summed E-state index contributed by atoms with van der Waals surface area (Å²) < 4.78 is 46.2. The molecule has 0 bridgehead atoms. The summed E-state index contributed by atoms with van der Waals surface area (Å²) in [4.78, 5) is 12.6. The number of rotatable bonds is 13. The molecule has 0 unspecified atom stereocenters. The third kappa shape index (κ3) is 10.3. The quantitative estimate of drug-likeness (QED) is 0.409. The molecule has 0 aliphatic carbocycles. The van der Waals surface area contributed by atoms with E-state index in [1.807, 2.05) is 0 Å². The number of carboxylic acid groups (broad SMARTS) is 1. The van der Waals surface area contributed by atoms with E-state index in [4.69, 9.17) is 18.9 Å². The molecule has 2 aromatic rings. The molecule has 0 fully saturated rings. The second kappa shape index (κ2) is 15.8. The van der Waals surface area contributed by atoms with Gasteiger partial charge in [0.1, 0.15) is 23.0 Å². The number of hydrogen-bond acceptors (Lipinski definition) is 8. The fourth-order valence-corrected chi connectivity index (χ4v) is 4.70. The van der Waals surface area contributed by atoms with Crippen molar-refractivity contribution in [2.75, 3.05) is 48.1 Å². The van der Waals surface area contributed by atoms with E-state index in [1.165, 1.54) is 66.3 Å². The predicted octanol–water partition coefficient (Wildman–Crippen LogP) is 1.53. The van der Waals surface area contributed by atoms with Crippen LogP contribution in [0.15, 0.2) is 35.7 Å². The lowest BCUT2D eigenvalue weighted by Crippen LogP contribution is -3.11. The Morgan fingerprint density at radius 1 is 0.865 bits per heavy atom. The van der Waals surface area contributed by atoms with Crippen molar-refractivity contribution in [3.63, 3.8) is 0 Å². The smallest absolute Gasteiger partial charge is 0.175 e. The highest BCUT2D eigenvalue weighted by molar-refractivity contribution is 7.93. The summed E-state index contributed by atoms with van der Waals surface area (Å²) >= 11 is 0. The summed E-state index contributed by atoms with van der Waals surface area (Å²) in [5.74, 6) is 0.0171. The van der Waals surface area contributed by atoms with E-state index >= 15 is 0 Å². The molecule has 0 heterocycles. The minimum Gasteiger partial charge on any atom is -0.550 e. The van der Waals surface area contributed by atoms with Crippen molar-refractivity contribution >= 4 is 21.9 Å². The van der Waals surface area contributed by atoms with Gasteiger partial charge in [0.05, 0.1) is 59.4 Å². The number of sulfone groups is 1. The van der Waals surface area contributed by atoms with Crippen LogP contribution >= 0.6 is 0 Å². The maximum Gasteiger partial charge on any atom is 0.175 e. The van der Waals surface area contributed by atoms with Crippen molar-refractivity contribution < 1.29 is 42.2 Å². The highest BCUT2D eigenvalue weighted by Crippen LogP contribution is 2.35. The maximum absolute atomic E-state index is 12.6. The van der Waals surface area contributed by atoms with Crippen LogP contribution in [0.2, 0.25) is 0 Å². The molecule has 37 heavy (non-hydrogen) atoms. The van der Waals surface area contributed by atoms with Crippen molar-refractivity contribution in [1.82, 2.24) is 0 Å². The molecule has 0 aliphatic rings. The van der Waals surface area contributed by atoms with Gasteiger partial charge in [-0.1, -0.05) is 12.1 Å². The van der Waals surface area contributed by atoms with E-state index < -0.39 is 15.8 Å². The molecule has 0 aliphatic heterocycles. The lowest BCUT2D eigenvalue weighted by Gasteiger charge is -2.13. The molecule has 0 aromatic heterocycles. The van der Waals surface area contributed by atoms with E-state index in [2.05, 4.69) is 20.8 Å². The van der Waals surface area contributed by atoms with E-state index in [-0.39, 0.29) is 12.2 Å². The average Bonchev–Trinajstić information content (AvgIpc) is 2.88. The maximum atomic E-state index is 12.6. The molecular formula is C27H39NO8S. The molecule has 0 atom stereocenters. The first-order valence-electron chi connectivity index (χ1n) is 12.0. The Kier molecular flexibility index (Phi) is 13.6. The summed E-state index contributed by atoms with van der Waals surface area (Å²) in [6, 6.07) is 7.81. The Morgan fingerprint density at radius 3 is 1.81 bits per heavy atom. The summed E-state index contributed by atoms with van der Waals surface area (Å²) in [7, 11) is 2.12. The fraction of sp³-hybridized carbons (Fsp3) is 0.444. The number of methoxy groups -OCH3 is 4. The summed E-state index contributed by atoms with van der Waals surface area (Å²) in [6.45, 7) is 10.5. The standard InChI is InChI=1S/C21H24O8S.C6H15N/c1-26-16-11-19(28-3)17(20(12-16)29-4)7-8-30(24,25)13-14-5-6-18(27-2)15(9-14)10-21(22)23;1-4-7(5-2)6-3/h5-9,11-12H,10,13H2,1-4H3,(H,22,23);4-6H2,1-3H3/b8-7+;. The van der Waals surface area contributed by atoms with Gasteiger partial charge in [-0.05, 0) is 38.5 Å². The van der Waals surface area contributed by atoms with Crippen LogP contribution in [-0.2, 0) is 26.8 Å². The first-order chi connectivity index (χ1) is 17.6. The van der Waals surface area contributed by atoms with E-state index in [0.29, 0.717) is 39.7 Å². The zero-order valence-electron chi connectivity index (χ0n) is 22.8. The average molecular weight is 538 g/mol. The van der Waals surface area contributed by atoms with Gasteiger partial charge in [-0.15, -0.1) is 0 Å². The highest BCUT2D eigenvalue weighted by Gasteiger charge is 2.15. The number of hydrogen-bond donors (Lipinski definition) is 1. The Balaban J connectivity index is 0.000000856. The predicted molar refractivity (Wildman–Crippen MR) is 142 cm³/mol. The van der Waals surface area contributed by atoms with Crippen LogP contribution in [-0.4, -0.2) is 62.5 Å². The summed E-state index contributed by atoms with van der Waals surface area (Å²) in [5.41, 5.74) is 1.20. The van der Waals surface area contributed by atoms with Crippen LogP contribution in [0.25, 0.3) is 6.08 Å². The molecule has 2 aromatic carbocycles. The van der Waals surface area contributed by atoms with E-state index in [0.717, 1.165) is 5.41 Å². The molecule has 2 rings (SSSR count). The normalized spacial score (nSPS) is 11.1. The van der Waals surface area contributed by atoms with Crippen molar-refractivity contribution in [3.8, 4) is 23.0 Å². The van der Waals surface area contributed by atoms with Crippen LogP contribution < -0.4 is 29.0 Å². The van der Waals surface area contributed by atoms with Crippen molar-refractivity contribution in [2.24, 2.45) is 0 Å². The molecule has 0 amide bonds. The van der Waals surface area contributed by atoms with Gasteiger partial charge in [0, 0.05) is 35.5 Å². The molecule has 0 saturated carbocycles. The molecule has 0 radical (unpaired) electrons. The van der Waals surface area contributed by atoms with Gasteiger partial charge >= 0.3 is 0 Å². The number of nitrogens with one attached hydrogen (secondary N) is 1. The number of carbonyl (C=O) groups excluding carboxylic acids is 1. The third-order valence-electron chi connectivity index (χ3n) is 5.74. The second-order valence-corrected chi connectivity index (χ2v) is 9.95. The molecule has 10 heteroatoms. The highest BCUT2D eigenvalue weighted by atomic mass is 32.2. The lowest BCUT2D eigenvalue weighted by atomic mass is 10.1. The van der Waals surface area contributed by atoms with Gasteiger partial charge in [-0.2, -0.15) is 0 Å². The first-order valence-corrected chi connectivity index (χ1v) is 13.7. The Morgan fingerprint density at radius 2 is 1.41 bits per heavy atom. The number of quaternary nitrogens is 1. The van der Waals surface area contributed by atoms with E-state index in [9.17, 15) is 18.3 Å². The largest absolute Gasteiger partial charge is 0.550 e. The van der Waals surface area contributed by atoms with Gasteiger partial charge in [0.2, 0.25) is 0 Å². The van der Waals surface area contributed by atoms with Crippen molar-refractivity contribution in [2.45, 2.75) is 32.9 Å². The molecule has 9 nitrogen and oxygen atoms in total. The lowest BCUT2D eigenvalue weighted by molar-refractivity contribution is -0.894. The number of carboxylic acids is 1. The van der Waals surface area contributed by atoms with E-state index in [1.54, 1.807) is 23.1 Å². The second-order valence-electron chi connectivity index (χ2n) is 8.06. The van der Waals surface area contributed by atoms with Crippen LogP contribution in [0.4, 0.5) is 0 Å². The molecule has 206 valence electrons. The molecule has 0 spiro atoms. The zero-order chi connectivity index (χ0) is 28.0. The van der Waals surface area contributed by atoms with Crippen LogP contribution in [0.5, 0.6) is 23.0 Å². The minimum atomic E-state index is -3.69. The minimum absolute atomic E-state index is 0.325. The first kappa shape index (κ1) is 31.8. The third-order valence-corrected chi connectivity index (χ3v) is 7.03. The Bertz CT molecular complexity index is 1110. The monoisotopic (exact) mass is 537 g/mol. The van der Waals surface area contributed by atoms with Crippen molar-refractivity contribution in [3.05, 3.63) is 52.4 Å². The summed E-state index contributed by atoms with van der Waals surface area (Å²) in [5, 5.41) is 12.0. The van der Waals surface area contributed by atoms with Gasteiger partial charge in [0.25, 0.3) is 0 Å². The SMILES string of the molecule is CC[NH+](CC)CC.COc1cc(OC)c(/C=C/S(=O)(=O)Cc2ccc(OC)c(CC(=O)[O-])c2)c(OC)c1. The van der Waals surface area contributed by atoms with Gasteiger partial charge < -0.3 is 33.7 Å². The van der Waals surface area contributed by atoms with Crippen molar-refractivity contribution in [1.29, 1.82) is 0 Å². The van der Waals surface area contributed by atoms with Crippen LogP contribution in [0.1, 0.15) is 37.5 Å². The molecule has 0 saturated heterocycles. The van der Waals surface area contributed by atoms with Crippen LogP contribution in [0, 0.1) is 0 Å². The topological polar surface area (TPSA) is 116 Å². The zero-order valence-corrected chi connectivity index (χ0v) is 23.6. The number of benzene rings is 2. The van der Waals surface area contributed by atoms with Gasteiger partial charge in [0.15, 0.2) is 9.84 Å². The molecule has 1 N–H and O–H groups in total. The van der Waals surface area contributed by atoms with Crippen LogP contribution in [0.3, 0.4) is 0 Å².